The number of ether oxygens (including phenoxy) is 1. The predicted molar refractivity (Wildman–Crippen MR) is 128 cm³/mol. The summed E-state index contributed by atoms with van der Waals surface area (Å²) in [7, 11) is 1.41. The largest absolute Gasteiger partial charge is 0.496 e. The first-order valence-electron chi connectivity index (χ1n) is 11.3. The molecule has 2 aromatic rings. The highest BCUT2D eigenvalue weighted by atomic mass is 35.5. The van der Waals surface area contributed by atoms with Crippen molar-refractivity contribution in [1.29, 1.82) is 0 Å². The zero-order valence-corrected chi connectivity index (χ0v) is 20.3. The van der Waals surface area contributed by atoms with Crippen molar-refractivity contribution in [2.24, 2.45) is 0 Å². The van der Waals surface area contributed by atoms with Crippen LogP contribution in [-0.2, 0) is 20.8 Å². The van der Waals surface area contributed by atoms with Crippen molar-refractivity contribution >= 4 is 35.2 Å². The van der Waals surface area contributed by atoms with Gasteiger partial charge in [0.2, 0.25) is 5.91 Å². The molecule has 1 N–H and O–H groups in total. The lowest BCUT2D eigenvalue weighted by atomic mass is 9.89. The molecular weight excluding hydrogens is 477 g/mol. The van der Waals surface area contributed by atoms with Gasteiger partial charge in [0.05, 0.1) is 19.2 Å². The van der Waals surface area contributed by atoms with Gasteiger partial charge in [-0.05, 0) is 60.2 Å². The maximum atomic E-state index is 16.2. The van der Waals surface area contributed by atoms with E-state index in [4.69, 9.17) is 16.3 Å². The minimum Gasteiger partial charge on any atom is -0.496 e. The Kier molecular flexibility index (Phi) is 8.27. The van der Waals surface area contributed by atoms with Crippen LogP contribution in [0.5, 0.6) is 5.75 Å². The number of hydrogen-bond acceptors (Lipinski definition) is 5. The Bertz CT molecular complexity index is 1150. The van der Waals surface area contributed by atoms with E-state index >= 15 is 4.39 Å². The van der Waals surface area contributed by atoms with Crippen LogP contribution >= 0.6 is 11.6 Å². The lowest BCUT2D eigenvalue weighted by molar-refractivity contribution is -0.153. The second-order valence-corrected chi connectivity index (χ2v) is 9.10. The van der Waals surface area contributed by atoms with Crippen LogP contribution in [0.4, 0.5) is 4.39 Å². The molecule has 1 aliphatic heterocycles. The number of ketones is 1. The first-order valence-corrected chi connectivity index (χ1v) is 11.7. The smallest absolute Gasteiger partial charge is 0.335 e. The Morgan fingerprint density at radius 2 is 1.97 bits per heavy atom. The van der Waals surface area contributed by atoms with Crippen LogP contribution in [-0.4, -0.2) is 52.9 Å². The van der Waals surface area contributed by atoms with Crippen molar-refractivity contribution < 1.29 is 33.4 Å². The molecule has 2 aromatic carbocycles. The van der Waals surface area contributed by atoms with Crippen LogP contribution in [0.2, 0.25) is 5.02 Å². The summed E-state index contributed by atoms with van der Waals surface area (Å²) in [5.41, 5.74) is -1.45. The Balaban J connectivity index is 1.87. The van der Waals surface area contributed by atoms with Gasteiger partial charge in [-0.15, -0.1) is 0 Å². The van der Waals surface area contributed by atoms with Gasteiger partial charge < -0.3 is 9.84 Å². The minimum atomic E-state index is -2.50. The lowest BCUT2D eigenvalue weighted by Gasteiger charge is -2.29. The number of rotatable bonds is 8. The topological polar surface area (TPSA) is 101 Å². The van der Waals surface area contributed by atoms with Gasteiger partial charge in [0.25, 0.3) is 5.91 Å². The summed E-state index contributed by atoms with van der Waals surface area (Å²) >= 11 is 6.05. The molecule has 0 saturated carbocycles. The predicted octanol–water partition coefficient (Wildman–Crippen LogP) is 4.60. The van der Waals surface area contributed by atoms with E-state index in [1.807, 2.05) is 6.92 Å². The number of methoxy groups -OCH3 is 1. The summed E-state index contributed by atoms with van der Waals surface area (Å²) in [6, 6.07) is 10.8. The molecule has 0 aromatic heterocycles. The molecule has 9 heteroatoms. The maximum absolute atomic E-state index is 16.2. The van der Waals surface area contributed by atoms with Crippen LogP contribution in [0.25, 0.3) is 0 Å². The van der Waals surface area contributed by atoms with E-state index in [2.05, 4.69) is 0 Å². The summed E-state index contributed by atoms with van der Waals surface area (Å²) in [5, 5.41) is 9.60. The number of hydrogen-bond donors (Lipinski definition) is 1. The molecule has 1 heterocycles. The molecule has 0 aliphatic carbocycles. The third-order valence-electron chi connectivity index (χ3n) is 6.30. The van der Waals surface area contributed by atoms with Crippen LogP contribution in [0.3, 0.4) is 0 Å². The lowest BCUT2D eigenvalue weighted by Crippen LogP contribution is -2.49. The number of carbonyl (C=O) groups is 4. The number of alkyl halides is 1. The Morgan fingerprint density at radius 3 is 2.63 bits per heavy atom. The highest BCUT2D eigenvalue weighted by molar-refractivity contribution is 6.30. The van der Waals surface area contributed by atoms with Crippen molar-refractivity contribution in [2.75, 3.05) is 13.7 Å². The molecule has 186 valence electrons. The van der Waals surface area contributed by atoms with Crippen molar-refractivity contribution in [1.82, 2.24) is 4.90 Å². The highest BCUT2D eigenvalue weighted by Crippen LogP contribution is 2.35. The van der Waals surface area contributed by atoms with Crippen LogP contribution in [0.15, 0.2) is 42.5 Å². The molecule has 0 spiro atoms. The number of imide groups is 1. The van der Waals surface area contributed by atoms with Gasteiger partial charge in [-0.3, -0.25) is 19.3 Å². The van der Waals surface area contributed by atoms with E-state index in [-0.39, 0.29) is 24.8 Å². The summed E-state index contributed by atoms with van der Waals surface area (Å²) in [4.78, 5) is 50.9. The molecule has 2 unspecified atom stereocenters. The zero-order valence-electron chi connectivity index (χ0n) is 19.6. The summed E-state index contributed by atoms with van der Waals surface area (Å²) in [5.74, 6) is -3.32. The second-order valence-electron chi connectivity index (χ2n) is 8.66. The third-order valence-corrected chi connectivity index (χ3v) is 6.53. The molecular formula is C26H27ClFNO6. The molecule has 1 aliphatic rings. The number of likely N-dealkylation sites (tertiary alicyclic amines) is 1. The van der Waals surface area contributed by atoms with Crippen LogP contribution in [0.1, 0.15) is 60.0 Å². The average Bonchev–Trinajstić information content (AvgIpc) is 2.94. The molecule has 35 heavy (non-hydrogen) atoms. The van der Waals surface area contributed by atoms with E-state index in [0.717, 1.165) is 0 Å². The van der Waals surface area contributed by atoms with Gasteiger partial charge in [-0.2, -0.15) is 0 Å². The quantitative estimate of drug-likeness (QED) is 0.565. The fraction of sp³-hybridized carbons (Fsp3) is 0.385. The van der Waals surface area contributed by atoms with E-state index in [9.17, 15) is 24.3 Å². The number of carbonyl (C=O) groups excluding carboxylic acids is 3. The van der Waals surface area contributed by atoms with Gasteiger partial charge >= 0.3 is 5.97 Å². The normalized spacial score (nSPS) is 19.3. The minimum absolute atomic E-state index is 0.0765. The number of halogens is 2. The number of aromatic carboxylic acids is 1. The van der Waals surface area contributed by atoms with Crippen molar-refractivity contribution in [3.63, 3.8) is 0 Å². The Labute approximate surface area is 207 Å². The fourth-order valence-corrected chi connectivity index (χ4v) is 4.51. The number of Topliss-reactive ketones (excluding diaryl/α,β-unsaturated/α-hetero) is 1. The van der Waals surface area contributed by atoms with E-state index in [0.29, 0.717) is 33.2 Å². The molecule has 1 saturated heterocycles. The molecule has 3 rings (SSSR count). The number of nitrogens with zero attached hydrogens (tertiary/aromatic N) is 1. The standard InChI is InChI=1S/C26H27ClFNO6/c1-3-16(17-5-4-6-18(11-17)24(32)33)13-23(31)29-15-21(30)9-10-26(28,25(29)34)14-19-12-20(27)7-8-22(19)35-2/h4-8,11-12,16H,3,9-10,13-15H2,1-2H3,(H,32,33). The van der Waals surface area contributed by atoms with Gasteiger partial charge in [-0.1, -0.05) is 30.7 Å². The third kappa shape index (κ3) is 6.06. The van der Waals surface area contributed by atoms with Crippen molar-refractivity contribution in [2.45, 2.75) is 50.6 Å². The summed E-state index contributed by atoms with van der Waals surface area (Å²) in [6.45, 7) is 1.33. The molecule has 0 radical (unpaired) electrons. The van der Waals surface area contributed by atoms with E-state index in [1.165, 1.54) is 25.3 Å². The number of carboxylic acids is 1. The van der Waals surface area contributed by atoms with E-state index < -0.39 is 48.1 Å². The average molecular weight is 504 g/mol. The monoisotopic (exact) mass is 503 g/mol. The fourth-order valence-electron chi connectivity index (χ4n) is 4.31. The van der Waals surface area contributed by atoms with Crippen LogP contribution in [0, 0.1) is 0 Å². The van der Waals surface area contributed by atoms with Gasteiger partial charge in [0.15, 0.2) is 11.5 Å². The van der Waals surface area contributed by atoms with Crippen LogP contribution < -0.4 is 4.74 Å². The molecule has 2 amide bonds. The SMILES string of the molecule is CCC(CC(=O)N1CC(=O)CCC(F)(Cc2cc(Cl)ccc2OC)C1=O)c1cccc(C(=O)O)c1. The molecule has 1 fully saturated rings. The first kappa shape index (κ1) is 26.3. The number of carboxylic acid groups (broad SMARTS) is 1. The summed E-state index contributed by atoms with van der Waals surface area (Å²) in [6.07, 6.45) is -0.639. The summed E-state index contributed by atoms with van der Waals surface area (Å²) < 4.78 is 21.4. The molecule has 0 bridgehead atoms. The van der Waals surface area contributed by atoms with Gasteiger partial charge in [0, 0.05) is 24.3 Å². The highest BCUT2D eigenvalue weighted by Gasteiger charge is 2.47. The van der Waals surface area contributed by atoms with E-state index in [1.54, 1.807) is 24.3 Å². The molecule has 2 atom stereocenters. The second kappa shape index (κ2) is 11.0. The first-order chi connectivity index (χ1) is 16.6. The van der Waals surface area contributed by atoms with Gasteiger partial charge in [0.1, 0.15) is 5.75 Å². The number of benzene rings is 2. The Morgan fingerprint density at radius 1 is 1.23 bits per heavy atom. The number of amides is 2. The Hall–Kier alpha value is -3.26. The maximum Gasteiger partial charge on any atom is 0.335 e. The van der Waals surface area contributed by atoms with Gasteiger partial charge in [-0.25, -0.2) is 9.18 Å². The van der Waals surface area contributed by atoms with Crippen molar-refractivity contribution in [3.8, 4) is 5.75 Å². The molecule has 7 nitrogen and oxygen atoms in total. The zero-order chi connectivity index (χ0) is 25.8. The van der Waals surface area contributed by atoms with Crippen molar-refractivity contribution in [3.05, 3.63) is 64.2 Å².